The van der Waals surface area contributed by atoms with E-state index in [9.17, 15) is 0 Å². The van der Waals surface area contributed by atoms with Crippen molar-refractivity contribution in [3.8, 4) is 6.07 Å². The summed E-state index contributed by atoms with van der Waals surface area (Å²) >= 11 is 0. The van der Waals surface area contributed by atoms with Crippen LogP contribution in [0, 0.1) is 11.3 Å². The first-order valence-electron chi connectivity index (χ1n) is 6.70. The first kappa shape index (κ1) is 13.9. The summed E-state index contributed by atoms with van der Waals surface area (Å²) in [7, 11) is 1.88. The first-order chi connectivity index (χ1) is 9.69. The Bertz CT molecular complexity index is 609. The van der Waals surface area contributed by atoms with Gasteiger partial charge in [0.15, 0.2) is 5.82 Å². The number of nitrogen functional groups attached to an aromatic ring is 1. The molecule has 0 radical (unpaired) electrons. The zero-order chi connectivity index (χ0) is 14.5. The van der Waals surface area contributed by atoms with Gasteiger partial charge in [-0.2, -0.15) is 10.4 Å². The number of nitriles is 1. The molecule has 0 amide bonds. The summed E-state index contributed by atoms with van der Waals surface area (Å²) in [5.41, 5.74) is 8.81. The smallest absolute Gasteiger partial charge is 0.154 e. The lowest BCUT2D eigenvalue weighted by atomic mass is 10.2. The van der Waals surface area contributed by atoms with Gasteiger partial charge in [-0.25, -0.2) is 0 Å². The molecule has 0 aliphatic heterocycles. The maximum atomic E-state index is 8.87. The van der Waals surface area contributed by atoms with Crippen LogP contribution in [0.2, 0.25) is 0 Å². The third-order valence-corrected chi connectivity index (χ3v) is 3.23. The van der Waals surface area contributed by atoms with Gasteiger partial charge in [-0.1, -0.05) is 25.1 Å². The van der Waals surface area contributed by atoms with Crippen LogP contribution in [0.4, 0.5) is 17.2 Å². The van der Waals surface area contributed by atoms with Crippen LogP contribution >= 0.6 is 0 Å². The van der Waals surface area contributed by atoms with Crippen LogP contribution in [0.5, 0.6) is 0 Å². The van der Waals surface area contributed by atoms with E-state index in [4.69, 9.17) is 11.0 Å². The van der Waals surface area contributed by atoms with Gasteiger partial charge in [0, 0.05) is 19.3 Å². The minimum Gasteiger partial charge on any atom is -0.394 e. The van der Waals surface area contributed by atoms with E-state index < -0.39 is 0 Å². The largest absolute Gasteiger partial charge is 0.394 e. The molecule has 1 heterocycles. The predicted octanol–water partition coefficient (Wildman–Crippen LogP) is 2.62. The Morgan fingerprint density at radius 1 is 1.35 bits per heavy atom. The number of aromatic nitrogens is 2. The molecule has 0 atom stereocenters. The zero-order valence-corrected chi connectivity index (χ0v) is 11.9. The van der Waals surface area contributed by atoms with Crippen molar-refractivity contribution in [2.24, 2.45) is 7.05 Å². The molecule has 0 aliphatic carbocycles. The van der Waals surface area contributed by atoms with E-state index in [0.29, 0.717) is 18.7 Å². The van der Waals surface area contributed by atoms with Gasteiger partial charge in [0.25, 0.3) is 0 Å². The summed E-state index contributed by atoms with van der Waals surface area (Å²) in [5.74, 6) is 0.850. The molecule has 0 saturated heterocycles. The highest BCUT2D eigenvalue weighted by molar-refractivity contribution is 5.73. The number of para-hydroxylation sites is 1. The number of hydrogen-bond donors (Lipinski definition) is 1. The molecule has 5 nitrogen and oxygen atoms in total. The fourth-order valence-electron chi connectivity index (χ4n) is 2.29. The van der Waals surface area contributed by atoms with Gasteiger partial charge in [-0.15, -0.1) is 0 Å². The van der Waals surface area contributed by atoms with Crippen molar-refractivity contribution >= 4 is 17.2 Å². The number of hydrogen-bond acceptors (Lipinski definition) is 4. The van der Waals surface area contributed by atoms with Gasteiger partial charge >= 0.3 is 0 Å². The molecule has 2 rings (SSSR count). The zero-order valence-electron chi connectivity index (χ0n) is 11.9. The van der Waals surface area contributed by atoms with Crippen LogP contribution in [0.25, 0.3) is 0 Å². The number of nitrogens with zero attached hydrogens (tertiary/aromatic N) is 4. The molecule has 0 fully saturated rings. The van der Waals surface area contributed by atoms with Gasteiger partial charge in [-0.05, 0) is 18.6 Å². The summed E-state index contributed by atoms with van der Waals surface area (Å²) in [6, 6.07) is 12.1. The molecule has 5 heteroatoms. The molecule has 0 aliphatic rings. The van der Waals surface area contributed by atoms with Gasteiger partial charge in [0.05, 0.1) is 23.9 Å². The van der Waals surface area contributed by atoms with Crippen molar-refractivity contribution in [1.82, 2.24) is 9.78 Å². The molecule has 0 bridgehead atoms. The van der Waals surface area contributed by atoms with Gasteiger partial charge < -0.3 is 10.6 Å². The van der Waals surface area contributed by atoms with E-state index in [1.54, 1.807) is 4.68 Å². The van der Waals surface area contributed by atoms with Crippen molar-refractivity contribution in [2.45, 2.75) is 19.8 Å². The lowest BCUT2D eigenvalue weighted by Crippen LogP contribution is -2.21. The molecular weight excluding hydrogens is 250 g/mol. The number of aryl methyl sites for hydroxylation is 2. The quantitative estimate of drug-likeness (QED) is 0.905. The van der Waals surface area contributed by atoms with E-state index >= 15 is 0 Å². The van der Waals surface area contributed by atoms with Crippen molar-refractivity contribution in [3.05, 3.63) is 36.0 Å². The van der Waals surface area contributed by atoms with E-state index in [-0.39, 0.29) is 0 Å². The second kappa shape index (κ2) is 6.11. The maximum Gasteiger partial charge on any atom is 0.154 e. The number of rotatable bonds is 5. The first-order valence-corrected chi connectivity index (χ1v) is 6.70. The van der Waals surface area contributed by atoms with Crippen molar-refractivity contribution in [3.63, 3.8) is 0 Å². The topological polar surface area (TPSA) is 70.9 Å². The Labute approximate surface area is 119 Å². The third-order valence-electron chi connectivity index (χ3n) is 3.23. The number of anilines is 3. The monoisotopic (exact) mass is 269 g/mol. The van der Waals surface area contributed by atoms with Gasteiger partial charge in [0.2, 0.25) is 0 Å². The van der Waals surface area contributed by atoms with E-state index in [2.05, 4.69) is 11.2 Å². The molecule has 2 N–H and O–H groups in total. The highest BCUT2D eigenvalue weighted by Gasteiger charge is 2.19. The van der Waals surface area contributed by atoms with E-state index in [1.807, 2.05) is 49.2 Å². The second-order valence-electron chi connectivity index (χ2n) is 4.56. The molecule has 1 aromatic heterocycles. The van der Waals surface area contributed by atoms with Crippen LogP contribution in [0.15, 0.2) is 30.3 Å². The summed E-state index contributed by atoms with van der Waals surface area (Å²) in [6.45, 7) is 2.62. The Hall–Kier alpha value is -2.48. The van der Waals surface area contributed by atoms with Crippen molar-refractivity contribution < 1.29 is 0 Å². The molecule has 0 unspecified atom stereocenters. The summed E-state index contributed by atoms with van der Waals surface area (Å²) < 4.78 is 1.79. The van der Waals surface area contributed by atoms with Crippen LogP contribution in [0.1, 0.15) is 19.0 Å². The molecule has 1 aromatic carbocycles. The Kier molecular flexibility index (Phi) is 4.26. The number of nitrogens with two attached hydrogens (primary N) is 1. The van der Waals surface area contributed by atoms with Crippen molar-refractivity contribution in [1.29, 1.82) is 5.26 Å². The van der Waals surface area contributed by atoms with Crippen LogP contribution < -0.4 is 10.6 Å². The molecule has 2 aromatic rings. The van der Waals surface area contributed by atoms with Crippen LogP contribution in [0.3, 0.4) is 0 Å². The molecule has 0 spiro atoms. The van der Waals surface area contributed by atoms with Crippen LogP contribution in [-0.4, -0.2) is 16.3 Å². The highest BCUT2D eigenvalue weighted by atomic mass is 15.4. The van der Waals surface area contributed by atoms with E-state index in [0.717, 1.165) is 23.6 Å². The fraction of sp³-hybridized carbons (Fsp3) is 0.333. The predicted molar refractivity (Wildman–Crippen MR) is 80.7 cm³/mol. The summed E-state index contributed by atoms with van der Waals surface area (Å²) in [6.07, 6.45) is 1.22. The third kappa shape index (κ3) is 2.59. The molecular formula is C15H19N5. The second-order valence-corrected chi connectivity index (χ2v) is 4.56. The van der Waals surface area contributed by atoms with Gasteiger partial charge in [-0.3, -0.25) is 4.68 Å². The lowest BCUT2D eigenvalue weighted by Gasteiger charge is -2.24. The fourth-order valence-corrected chi connectivity index (χ4v) is 2.29. The maximum absolute atomic E-state index is 8.87. The molecule has 0 saturated carbocycles. The highest BCUT2D eigenvalue weighted by Crippen LogP contribution is 2.32. The summed E-state index contributed by atoms with van der Waals surface area (Å²) in [4.78, 5) is 2.05. The van der Waals surface area contributed by atoms with Gasteiger partial charge in [0.1, 0.15) is 0 Å². The minimum atomic E-state index is 0.432. The Morgan fingerprint density at radius 3 is 2.60 bits per heavy atom. The van der Waals surface area contributed by atoms with E-state index in [1.165, 1.54) is 0 Å². The standard InChI is InChI=1S/C15H19N5/c1-3-13-14(17)15(19(2)18-13)20(11-7-10-16)12-8-5-4-6-9-12/h4-6,8-9H,3,7,11,17H2,1-2H3. The minimum absolute atomic E-state index is 0.432. The molecule has 20 heavy (non-hydrogen) atoms. The SMILES string of the molecule is CCc1nn(C)c(N(CCC#N)c2ccccc2)c1N. The molecule has 104 valence electrons. The normalized spacial score (nSPS) is 10.2. The Morgan fingerprint density at radius 2 is 2.05 bits per heavy atom. The number of benzene rings is 1. The average Bonchev–Trinajstić information content (AvgIpc) is 2.76. The Balaban J connectivity index is 2.47. The average molecular weight is 269 g/mol. The van der Waals surface area contributed by atoms with Crippen molar-refractivity contribution in [2.75, 3.05) is 17.2 Å². The lowest BCUT2D eigenvalue weighted by molar-refractivity contribution is 0.730. The summed E-state index contributed by atoms with van der Waals surface area (Å²) in [5, 5.41) is 13.3. The van der Waals surface area contributed by atoms with Crippen LogP contribution in [-0.2, 0) is 13.5 Å².